The molecule has 0 aliphatic rings. The van der Waals surface area contributed by atoms with Crippen molar-refractivity contribution in [2.24, 2.45) is 4.58 Å². The van der Waals surface area contributed by atoms with Crippen molar-refractivity contribution in [3.63, 3.8) is 0 Å². The van der Waals surface area contributed by atoms with Gasteiger partial charge in [-0.25, -0.2) is 0 Å². The number of carbonyl (C=O) groups excluding carboxylic acids is 3. The van der Waals surface area contributed by atoms with E-state index in [9.17, 15) is 19.3 Å². The summed E-state index contributed by atoms with van der Waals surface area (Å²) in [6.07, 6.45) is 0.663. The van der Waals surface area contributed by atoms with Gasteiger partial charge >= 0.3 is 5.97 Å². The molecule has 0 rings (SSSR count). The van der Waals surface area contributed by atoms with Crippen LogP contribution < -0.4 is 10.6 Å². The maximum atomic E-state index is 12.1. The molecule has 1 atom stereocenters. The molecule has 0 aliphatic carbocycles. The van der Waals surface area contributed by atoms with Crippen LogP contribution >= 0.6 is 11.9 Å². The standard InChI is InChI=1S/C12H21N3O5S/c1-5-6-20-9(17)7-13-11(18)10(14-8(2)16)12(3,4)21-15-19/h10H,5-7H2,1-4H3,(H,13,18)(H,14,16)/t10-/m1/s1/i2D. The number of rotatable bonds is 9. The minimum atomic E-state index is -1.12. The van der Waals surface area contributed by atoms with Gasteiger partial charge in [0.1, 0.15) is 12.6 Å². The number of amides is 2. The highest BCUT2D eigenvalue weighted by molar-refractivity contribution is 7.99. The lowest BCUT2D eigenvalue weighted by molar-refractivity contribution is -0.144. The van der Waals surface area contributed by atoms with Gasteiger partial charge in [0, 0.05) is 24.8 Å². The number of hydrogen-bond acceptors (Lipinski definition) is 7. The molecule has 0 bridgehead atoms. The molecule has 0 saturated carbocycles. The molecule has 0 aromatic heterocycles. The average Bonchev–Trinajstić information content (AvgIpc) is 2.47. The molecule has 0 aromatic rings. The lowest BCUT2D eigenvalue weighted by Gasteiger charge is -2.30. The molecule has 2 amide bonds. The van der Waals surface area contributed by atoms with Crippen LogP contribution in [0.4, 0.5) is 0 Å². The fourth-order valence-corrected chi connectivity index (χ4v) is 1.86. The molecule has 0 heterocycles. The van der Waals surface area contributed by atoms with Gasteiger partial charge in [-0.15, -0.1) is 4.91 Å². The number of esters is 1. The first-order valence-corrected chi connectivity index (χ1v) is 7.08. The van der Waals surface area contributed by atoms with Crippen LogP contribution in [0.2, 0.25) is 0 Å². The van der Waals surface area contributed by atoms with Crippen molar-refractivity contribution in [3.05, 3.63) is 4.91 Å². The number of nitroso groups, excluding NO2 is 1. The minimum Gasteiger partial charge on any atom is -0.464 e. The van der Waals surface area contributed by atoms with Gasteiger partial charge in [0.05, 0.1) is 11.4 Å². The minimum absolute atomic E-state index is 0.254. The second-order valence-corrected chi connectivity index (χ2v) is 6.09. The van der Waals surface area contributed by atoms with Gasteiger partial charge in [-0.3, -0.25) is 14.4 Å². The van der Waals surface area contributed by atoms with Crippen molar-refractivity contribution < 1.29 is 20.5 Å². The summed E-state index contributed by atoms with van der Waals surface area (Å²) in [4.78, 5) is 45.3. The van der Waals surface area contributed by atoms with Crippen LogP contribution in [0.1, 0.15) is 35.5 Å². The van der Waals surface area contributed by atoms with E-state index in [2.05, 4.69) is 15.2 Å². The van der Waals surface area contributed by atoms with Crippen molar-refractivity contribution in [1.29, 1.82) is 0 Å². The largest absolute Gasteiger partial charge is 0.464 e. The Bertz CT molecular complexity index is 420. The Morgan fingerprint density at radius 2 is 2.10 bits per heavy atom. The molecule has 2 N–H and O–H groups in total. The zero-order valence-corrected chi connectivity index (χ0v) is 13.1. The molecule has 0 aliphatic heterocycles. The summed E-state index contributed by atoms with van der Waals surface area (Å²) in [6, 6.07) is -1.12. The Balaban J connectivity index is 4.79. The van der Waals surface area contributed by atoms with E-state index >= 15 is 0 Å². The molecule has 0 spiro atoms. The molecule has 9 heteroatoms. The van der Waals surface area contributed by atoms with E-state index in [-0.39, 0.29) is 13.2 Å². The molecule has 8 nitrogen and oxygen atoms in total. The Hall–Kier alpha value is -1.64. The molecule has 21 heavy (non-hydrogen) atoms. The van der Waals surface area contributed by atoms with Crippen molar-refractivity contribution in [1.82, 2.24) is 10.6 Å². The van der Waals surface area contributed by atoms with E-state index in [0.29, 0.717) is 18.4 Å². The Labute approximate surface area is 129 Å². The molecular weight excluding hydrogens is 298 g/mol. The van der Waals surface area contributed by atoms with Gasteiger partial charge in [0.2, 0.25) is 11.8 Å². The number of nitrogens with zero attached hydrogens (tertiary/aromatic N) is 1. The van der Waals surface area contributed by atoms with Crippen molar-refractivity contribution in [3.8, 4) is 0 Å². The third-order valence-electron chi connectivity index (χ3n) is 2.41. The molecular formula is C12H21N3O5S. The first kappa shape index (κ1) is 17.4. The first-order chi connectivity index (χ1) is 10.3. The second-order valence-electron chi connectivity index (χ2n) is 4.71. The summed E-state index contributed by atoms with van der Waals surface area (Å²) in [5.74, 6) is -1.93. The summed E-state index contributed by atoms with van der Waals surface area (Å²) in [7, 11) is 0. The van der Waals surface area contributed by atoms with E-state index in [1.165, 1.54) is 0 Å². The average molecular weight is 320 g/mol. The number of carbonyl (C=O) groups is 3. The summed E-state index contributed by atoms with van der Waals surface area (Å²) < 4.78 is 13.4. The highest BCUT2D eigenvalue weighted by Crippen LogP contribution is 2.29. The molecule has 0 aromatic carbocycles. The Morgan fingerprint density at radius 1 is 1.43 bits per heavy atom. The smallest absolute Gasteiger partial charge is 0.325 e. The predicted octanol–water partition coefficient (Wildman–Crippen LogP) is 0.754. The summed E-state index contributed by atoms with van der Waals surface area (Å²) >= 11 is 0.587. The quantitative estimate of drug-likeness (QED) is 0.368. The topological polar surface area (TPSA) is 114 Å². The molecule has 0 fully saturated rings. The predicted molar refractivity (Wildman–Crippen MR) is 79.3 cm³/mol. The van der Waals surface area contributed by atoms with E-state index in [4.69, 9.17) is 6.11 Å². The van der Waals surface area contributed by atoms with Crippen LogP contribution in [0.15, 0.2) is 4.58 Å². The highest BCUT2D eigenvalue weighted by Gasteiger charge is 2.37. The SMILES string of the molecule is [2H]CC(=O)N[C@H](C(=O)NCC(=O)OCCC)C(C)(C)SN=O. The summed E-state index contributed by atoms with van der Waals surface area (Å²) in [5, 5.41) is 4.69. The fourth-order valence-electron chi connectivity index (χ4n) is 1.39. The molecule has 120 valence electrons. The Kier molecular flexibility index (Phi) is 7.73. The first-order valence-electron chi connectivity index (χ1n) is 7.02. The van der Waals surface area contributed by atoms with Gasteiger partial charge in [-0.2, -0.15) is 0 Å². The van der Waals surface area contributed by atoms with Crippen molar-refractivity contribution >= 4 is 29.7 Å². The van der Waals surface area contributed by atoms with Gasteiger partial charge < -0.3 is 15.4 Å². The summed E-state index contributed by atoms with van der Waals surface area (Å²) in [6.45, 7) is 4.28. The van der Waals surface area contributed by atoms with Crippen molar-refractivity contribution in [2.45, 2.75) is 44.9 Å². The van der Waals surface area contributed by atoms with Crippen molar-refractivity contribution in [2.75, 3.05) is 13.2 Å². The third-order valence-corrected chi connectivity index (χ3v) is 3.19. The van der Waals surface area contributed by atoms with Crippen LogP contribution in [0.3, 0.4) is 0 Å². The van der Waals surface area contributed by atoms with Gasteiger partial charge in [-0.1, -0.05) is 6.92 Å². The maximum Gasteiger partial charge on any atom is 0.325 e. The van der Waals surface area contributed by atoms with Gasteiger partial charge in [0.25, 0.3) is 0 Å². The monoisotopic (exact) mass is 320 g/mol. The number of hydrogen-bond donors (Lipinski definition) is 2. The third kappa shape index (κ3) is 7.64. The van der Waals surface area contributed by atoms with Crippen LogP contribution in [0.25, 0.3) is 0 Å². The lowest BCUT2D eigenvalue weighted by atomic mass is 10.0. The van der Waals surface area contributed by atoms with Crippen LogP contribution in [-0.4, -0.2) is 41.7 Å². The summed E-state index contributed by atoms with van der Waals surface area (Å²) in [5.41, 5.74) is 0. The number of nitrogens with one attached hydrogen (secondary N) is 2. The van der Waals surface area contributed by atoms with Crippen LogP contribution in [0.5, 0.6) is 0 Å². The van der Waals surface area contributed by atoms with E-state index in [1.54, 1.807) is 13.8 Å². The second kappa shape index (κ2) is 9.32. The highest BCUT2D eigenvalue weighted by atomic mass is 32.2. The molecule has 0 radical (unpaired) electrons. The molecule has 0 saturated heterocycles. The maximum absolute atomic E-state index is 12.1. The van der Waals surface area contributed by atoms with E-state index in [0.717, 1.165) is 0 Å². The van der Waals surface area contributed by atoms with Crippen LogP contribution in [-0.2, 0) is 19.1 Å². The van der Waals surface area contributed by atoms with Crippen LogP contribution in [0, 0.1) is 4.91 Å². The van der Waals surface area contributed by atoms with E-state index in [1.807, 2.05) is 6.92 Å². The zero-order valence-electron chi connectivity index (χ0n) is 13.3. The van der Waals surface area contributed by atoms with E-state index < -0.39 is 35.5 Å². The fraction of sp³-hybridized carbons (Fsp3) is 0.750. The number of ether oxygens (including phenoxy) is 1. The van der Waals surface area contributed by atoms with Gasteiger partial charge in [0.15, 0.2) is 0 Å². The zero-order chi connectivity index (χ0) is 17.2. The Morgan fingerprint density at radius 3 is 2.62 bits per heavy atom. The van der Waals surface area contributed by atoms with Gasteiger partial charge in [-0.05, 0) is 20.3 Å². The lowest BCUT2D eigenvalue weighted by Crippen LogP contribution is -2.56. The normalized spacial score (nSPS) is 12.8. The molecule has 0 unspecified atom stereocenters.